The summed E-state index contributed by atoms with van der Waals surface area (Å²) in [6.45, 7) is 12.8. The van der Waals surface area contributed by atoms with Crippen molar-refractivity contribution in [2.45, 2.75) is 90.1 Å². The molecule has 2 aromatic carbocycles. The SMILES string of the molecule is Cc1cccc(C)c1-c1cc2nc(n1)NS(=O)(=O)c1cccc(c1)C(C1CCC(C(C)(C)O)CC1)[C@H](CC(C)C)CO2. The van der Waals surface area contributed by atoms with Crippen LogP contribution in [0, 0.1) is 37.5 Å². The Balaban J connectivity index is 1.60. The van der Waals surface area contributed by atoms with Crippen LogP contribution in [-0.4, -0.2) is 35.7 Å². The number of nitrogens with zero attached hydrogens (tertiary/aromatic N) is 2. The number of hydrogen-bond donors (Lipinski definition) is 2. The van der Waals surface area contributed by atoms with Gasteiger partial charge in [-0.1, -0.05) is 44.2 Å². The molecular weight excluding hydrogens is 546 g/mol. The van der Waals surface area contributed by atoms with Gasteiger partial charge in [-0.15, -0.1) is 0 Å². The third-order valence-corrected chi connectivity index (χ3v) is 10.6. The smallest absolute Gasteiger partial charge is 0.264 e. The second kappa shape index (κ2) is 12.0. The molecule has 5 rings (SSSR count). The molecule has 1 aromatic heterocycles. The maximum atomic E-state index is 13.7. The second-order valence-electron chi connectivity index (χ2n) is 13.4. The monoisotopic (exact) mass is 591 g/mol. The summed E-state index contributed by atoms with van der Waals surface area (Å²) in [6.07, 6.45) is 4.81. The first kappa shape index (κ1) is 30.5. The van der Waals surface area contributed by atoms with Gasteiger partial charge in [0.25, 0.3) is 10.0 Å². The van der Waals surface area contributed by atoms with Gasteiger partial charge in [0.1, 0.15) is 0 Å². The van der Waals surface area contributed by atoms with E-state index in [9.17, 15) is 13.5 Å². The quantitative estimate of drug-likeness (QED) is 0.323. The Hall–Kier alpha value is -2.97. The maximum Gasteiger partial charge on any atom is 0.264 e. The number of aromatic nitrogens is 2. The normalized spacial score (nSPS) is 24.2. The molecule has 0 saturated heterocycles. The maximum absolute atomic E-state index is 13.7. The molecule has 42 heavy (non-hydrogen) atoms. The lowest BCUT2D eigenvalue weighted by molar-refractivity contribution is -0.0105. The lowest BCUT2D eigenvalue weighted by Crippen LogP contribution is -2.37. The predicted octanol–water partition coefficient (Wildman–Crippen LogP) is 7.28. The summed E-state index contributed by atoms with van der Waals surface area (Å²) in [5, 5.41) is 10.7. The fraction of sp³-hybridized carbons (Fsp3) is 0.529. The number of hydrogen-bond acceptors (Lipinski definition) is 6. The van der Waals surface area contributed by atoms with Gasteiger partial charge in [-0.25, -0.2) is 18.1 Å². The number of nitrogens with one attached hydrogen (secondary N) is 1. The number of anilines is 1. The summed E-state index contributed by atoms with van der Waals surface area (Å²) < 4.78 is 36.5. The molecule has 4 bridgehead atoms. The largest absolute Gasteiger partial charge is 0.477 e. The van der Waals surface area contributed by atoms with E-state index < -0.39 is 15.6 Å². The Bertz CT molecular complexity index is 1500. The number of rotatable bonds is 5. The van der Waals surface area contributed by atoms with E-state index in [2.05, 4.69) is 34.6 Å². The Morgan fingerprint density at radius 3 is 2.31 bits per heavy atom. The van der Waals surface area contributed by atoms with E-state index >= 15 is 0 Å². The number of ether oxygens (including phenoxy) is 1. The van der Waals surface area contributed by atoms with Crippen molar-refractivity contribution in [2.24, 2.45) is 23.7 Å². The van der Waals surface area contributed by atoms with Crippen LogP contribution in [0.3, 0.4) is 0 Å². The number of aliphatic hydroxyl groups is 1. The van der Waals surface area contributed by atoms with Gasteiger partial charge in [-0.05, 0) is 112 Å². The Morgan fingerprint density at radius 1 is 1.00 bits per heavy atom. The van der Waals surface area contributed by atoms with Crippen molar-refractivity contribution in [3.8, 4) is 17.1 Å². The summed E-state index contributed by atoms with van der Waals surface area (Å²) >= 11 is 0. The van der Waals surface area contributed by atoms with Crippen LogP contribution in [0.1, 0.15) is 82.4 Å². The lowest BCUT2D eigenvalue weighted by atomic mass is 9.65. The number of benzene rings is 2. The topological polar surface area (TPSA) is 101 Å². The van der Waals surface area contributed by atoms with E-state index in [1.807, 2.05) is 64.1 Å². The summed E-state index contributed by atoms with van der Waals surface area (Å²) in [6, 6.07) is 15.3. The van der Waals surface area contributed by atoms with Crippen molar-refractivity contribution in [1.82, 2.24) is 9.97 Å². The van der Waals surface area contributed by atoms with Crippen LogP contribution in [-0.2, 0) is 10.0 Å². The molecule has 1 saturated carbocycles. The van der Waals surface area contributed by atoms with Gasteiger partial charge >= 0.3 is 0 Å². The third-order valence-electron chi connectivity index (χ3n) is 9.22. The highest BCUT2D eigenvalue weighted by molar-refractivity contribution is 7.92. The van der Waals surface area contributed by atoms with E-state index in [1.165, 1.54) is 0 Å². The molecule has 2 aliphatic rings. The predicted molar refractivity (Wildman–Crippen MR) is 167 cm³/mol. The van der Waals surface area contributed by atoms with Gasteiger partial charge < -0.3 is 9.84 Å². The van der Waals surface area contributed by atoms with E-state index in [0.717, 1.165) is 54.4 Å². The molecular formula is C34H45N3O4S. The molecule has 1 unspecified atom stereocenters. The summed E-state index contributed by atoms with van der Waals surface area (Å²) in [5.74, 6) is 1.68. The third kappa shape index (κ3) is 6.65. The van der Waals surface area contributed by atoms with Crippen molar-refractivity contribution < 1.29 is 18.3 Å². The summed E-state index contributed by atoms with van der Waals surface area (Å²) in [4.78, 5) is 9.37. The van der Waals surface area contributed by atoms with Crippen molar-refractivity contribution in [3.63, 3.8) is 0 Å². The van der Waals surface area contributed by atoms with Gasteiger partial charge in [0.05, 0.1) is 22.8 Å². The van der Waals surface area contributed by atoms with Gasteiger partial charge in [-0.2, -0.15) is 4.98 Å². The van der Waals surface area contributed by atoms with Gasteiger partial charge in [0.15, 0.2) is 0 Å². The van der Waals surface area contributed by atoms with Gasteiger partial charge in [0, 0.05) is 17.5 Å². The minimum atomic E-state index is -3.95. The zero-order valence-corrected chi connectivity index (χ0v) is 26.5. The van der Waals surface area contributed by atoms with Crippen LogP contribution < -0.4 is 9.46 Å². The molecule has 226 valence electrons. The Morgan fingerprint density at radius 2 is 1.67 bits per heavy atom. The molecule has 2 heterocycles. The average Bonchev–Trinajstić information content (AvgIpc) is 2.91. The van der Waals surface area contributed by atoms with E-state index in [0.29, 0.717) is 30.0 Å². The Kier molecular flexibility index (Phi) is 8.68. The lowest BCUT2D eigenvalue weighted by Gasteiger charge is -2.41. The first-order valence-corrected chi connectivity index (χ1v) is 16.7. The molecule has 8 heteroatoms. The minimum Gasteiger partial charge on any atom is -0.477 e. The molecule has 1 fully saturated rings. The molecule has 2 N–H and O–H groups in total. The van der Waals surface area contributed by atoms with Crippen LogP contribution in [0.2, 0.25) is 0 Å². The molecule has 1 aliphatic heterocycles. The molecule has 3 aromatic rings. The van der Waals surface area contributed by atoms with Crippen molar-refractivity contribution >= 4 is 16.0 Å². The van der Waals surface area contributed by atoms with E-state index in [1.54, 1.807) is 6.07 Å². The number of fused-ring (bicyclic) bond motifs is 4. The molecule has 0 amide bonds. The molecule has 1 aliphatic carbocycles. The van der Waals surface area contributed by atoms with E-state index in [4.69, 9.17) is 4.74 Å². The fourth-order valence-electron chi connectivity index (χ4n) is 7.19. The molecule has 0 spiro atoms. The zero-order valence-electron chi connectivity index (χ0n) is 25.7. The van der Waals surface area contributed by atoms with Gasteiger partial charge in [0.2, 0.25) is 11.8 Å². The standard InChI is InChI=1S/C34H45N3O4S/c1-21(2)17-26-20-41-30-19-29(31-22(3)9-7-10-23(31)4)35-33(36-30)37-42(39,40)28-12-8-11-25(18-28)32(26)24-13-15-27(16-14-24)34(5,6)38/h7-12,18-19,21,24,26-27,32,38H,13-17,20H2,1-6H3,(H,35,36,37)/t24?,26-,27?,32?/m1/s1. The van der Waals surface area contributed by atoms with Crippen molar-refractivity contribution in [2.75, 3.05) is 11.3 Å². The first-order valence-electron chi connectivity index (χ1n) is 15.3. The number of aryl methyl sites for hydroxylation is 2. The fourth-order valence-corrected chi connectivity index (χ4v) is 8.19. The average molecular weight is 592 g/mol. The summed E-state index contributed by atoms with van der Waals surface area (Å²) in [5.41, 5.74) is 3.99. The summed E-state index contributed by atoms with van der Waals surface area (Å²) in [7, 11) is -3.95. The highest BCUT2D eigenvalue weighted by Gasteiger charge is 2.38. The van der Waals surface area contributed by atoms with Crippen molar-refractivity contribution in [3.05, 3.63) is 65.2 Å². The Labute approximate surface area is 251 Å². The van der Waals surface area contributed by atoms with Crippen LogP contribution >= 0.6 is 0 Å². The van der Waals surface area contributed by atoms with E-state index in [-0.39, 0.29) is 28.6 Å². The van der Waals surface area contributed by atoms with Crippen LogP contribution in [0.25, 0.3) is 11.3 Å². The highest BCUT2D eigenvalue weighted by atomic mass is 32.2. The van der Waals surface area contributed by atoms with Crippen molar-refractivity contribution in [1.29, 1.82) is 0 Å². The zero-order chi connectivity index (χ0) is 30.2. The molecule has 2 atom stereocenters. The van der Waals surface area contributed by atoms with Gasteiger partial charge in [-0.3, -0.25) is 0 Å². The molecule has 7 nitrogen and oxygen atoms in total. The van der Waals surface area contributed by atoms with Crippen LogP contribution in [0.4, 0.5) is 5.95 Å². The first-order chi connectivity index (χ1) is 19.8. The second-order valence-corrected chi connectivity index (χ2v) is 15.0. The van der Waals surface area contributed by atoms with Crippen LogP contribution in [0.5, 0.6) is 5.88 Å². The molecule has 0 radical (unpaired) electrons. The minimum absolute atomic E-state index is 0.00182. The highest BCUT2D eigenvalue weighted by Crippen LogP contribution is 2.46. The van der Waals surface area contributed by atoms with Crippen LogP contribution in [0.15, 0.2) is 53.4 Å². The number of sulfonamides is 1.